The van der Waals surface area contributed by atoms with Gasteiger partial charge in [0.1, 0.15) is 0 Å². The molecule has 1 aliphatic heterocycles. The lowest BCUT2D eigenvalue weighted by Gasteiger charge is -2.25. The van der Waals surface area contributed by atoms with E-state index in [0.717, 1.165) is 13.0 Å². The largest absolute Gasteiger partial charge is 0.391 e. The highest BCUT2D eigenvalue weighted by Crippen LogP contribution is 2.16. The fourth-order valence-corrected chi connectivity index (χ4v) is 1.74. The molecule has 14 heavy (non-hydrogen) atoms. The van der Waals surface area contributed by atoms with E-state index >= 15 is 0 Å². The molecule has 0 aromatic heterocycles. The molecule has 0 aromatic rings. The predicted molar refractivity (Wildman–Crippen MR) is 55.0 cm³/mol. The van der Waals surface area contributed by atoms with E-state index in [1.165, 1.54) is 0 Å². The van der Waals surface area contributed by atoms with Crippen molar-refractivity contribution in [3.05, 3.63) is 0 Å². The summed E-state index contributed by atoms with van der Waals surface area (Å²) in [4.78, 5) is 15.3. The Bertz CT molecular complexity index is 206. The average Bonchev–Trinajstić information content (AvgIpc) is 2.41. The first-order valence-electron chi connectivity index (χ1n) is 5.13. The minimum absolute atomic E-state index is 0.0868. The van der Waals surface area contributed by atoms with Gasteiger partial charge in [0.15, 0.2) is 0 Å². The van der Waals surface area contributed by atoms with Gasteiger partial charge in [-0.2, -0.15) is 0 Å². The van der Waals surface area contributed by atoms with E-state index < -0.39 is 6.10 Å². The number of carbonyl (C=O) groups excluding carboxylic acids is 1. The average molecular weight is 200 g/mol. The molecule has 0 radical (unpaired) electrons. The van der Waals surface area contributed by atoms with Crippen molar-refractivity contribution in [2.45, 2.75) is 31.9 Å². The highest BCUT2D eigenvalue weighted by atomic mass is 16.3. The number of amides is 1. The van der Waals surface area contributed by atoms with Crippen molar-refractivity contribution in [2.75, 3.05) is 27.2 Å². The fraction of sp³-hybridized carbons (Fsp3) is 0.900. The van der Waals surface area contributed by atoms with Crippen LogP contribution in [0.4, 0.5) is 0 Å². The second kappa shape index (κ2) is 4.75. The lowest BCUT2D eigenvalue weighted by molar-refractivity contribution is -0.129. The van der Waals surface area contributed by atoms with Gasteiger partial charge in [-0.05, 0) is 34.0 Å². The van der Waals surface area contributed by atoms with E-state index in [1.807, 2.05) is 21.0 Å². The Kier molecular flexibility index (Phi) is 3.89. The summed E-state index contributed by atoms with van der Waals surface area (Å²) in [7, 11) is 4.04. The van der Waals surface area contributed by atoms with E-state index in [-0.39, 0.29) is 11.9 Å². The summed E-state index contributed by atoms with van der Waals surface area (Å²) in [6, 6.07) is 0.238. The highest BCUT2D eigenvalue weighted by molar-refractivity contribution is 5.79. The van der Waals surface area contributed by atoms with Crippen LogP contribution in [0.15, 0.2) is 0 Å². The first kappa shape index (κ1) is 11.5. The molecule has 1 heterocycles. The number of carbonyl (C=O) groups is 1. The molecule has 0 aliphatic carbocycles. The number of aliphatic hydroxyl groups is 1. The zero-order valence-electron chi connectivity index (χ0n) is 9.23. The first-order valence-corrected chi connectivity index (χ1v) is 5.13. The van der Waals surface area contributed by atoms with Gasteiger partial charge in [-0.1, -0.05) is 0 Å². The van der Waals surface area contributed by atoms with Crippen molar-refractivity contribution < 1.29 is 9.90 Å². The zero-order valence-corrected chi connectivity index (χ0v) is 9.23. The minimum atomic E-state index is -0.454. The van der Waals surface area contributed by atoms with Gasteiger partial charge in [0.05, 0.1) is 12.5 Å². The van der Waals surface area contributed by atoms with E-state index in [4.69, 9.17) is 0 Å². The quantitative estimate of drug-likeness (QED) is 0.690. The number of nitrogens with zero attached hydrogens (tertiary/aromatic N) is 2. The molecular weight excluding hydrogens is 180 g/mol. The van der Waals surface area contributed by atoms with Gasteiger partial charge in [0, 0.05) is 12.6 Å². The van der Waals surface area contributed by atoms with Crippen LogP contribution < -0.4 is 0 Å². The smallest absolute Gasteiger partial charge is 0.225 e. The summed E-state index contributed by atoms with van der Waals surface area (Å²) in [6.07, 6.45) is 0.807. The number of β-amino-alcohol motifs (C(OH)–C–C–N with tert-alkyl or cyclic N) is 1. The Labute approximate surface area is 85.5 Å². The Morgan fingerprint density at radius 3 is 2.71 bits per heavy atom. The molecule has 1 rings (SSSR count). The van der Waals surface area contributed by atoms with Crippen LogP contribution in [0.5, 0.6) is 0 Å². The molecule has 0 aromatic carbocycles. The highest BCUT2D eigenvalue weighted by Gasteiger charge is 2.30. The van der Waals surface area contributed by atoms with Crippen molar-refractivity contribution in [3.8, 4) is 0 Å². The number of hydrogen-bond acceptors (Lipinski definition) is 3. The number of rotatable bonds is 4. The second-order valence-corrected chi connectivity index (χ2v) is 4.35. The molecule has 1 fully saturated rings. The van der Waals surface area contributed by atoms with E-state index in [2.05, 4.69) is 4.90 Å². The molecule has 0 bridgehead atoms. The van der Waals surface area contributed by atoms with E-state index in [9.17, 15) is 9.90 Å². The van der Waals surface area contributed by atoms with Gasteiger partial charge in [0.25, 0.3) is 0 Å². The summed E-state index contributed by atoms with van der Waals surface area (Å²) >= 11 is 0. The van der Waals surface area contributed by atoms with Crippen LogP contribution in [0.3, 0.4) is 0 Å². The van der Waals surface area contributed by atoms with Gasteiger partial charge in [-0.25, -0.2) is 0 Å². The summed E-state index contributed by atoms with van der Waals surface area (Å²) in [6.45, 7) is 3.52. The third-order valence-electron chi connectivity index (χ3n) is 2.66. The van der Waals surface area contributed by atoms with Crippen molar-refractivity contribution in [3.63, 3.8) is 0 Å². The Morgan fingerprint density at radius 1 is 1.64 bits per heavy atom. The topological polar surface area (TPSA) is 43.8 Å². The maximum atomic E-state index is 11.4. The Hall–Kier alpha value is -0.610. The lowest BCUT2D eigenvalue weighted by Crippen LogP contribution is -2.36. The number of likely N-dealkylation sites (tertiary alicyclic amines) is 1. The van der Waals surface area contributed by atoms with Gasteiger partial charge in [-0.3, -0.25) is 4.79 Å². The molecule has 2 unspecified atom stereocenters. The fourth-order valence-electron chi connectivity index (χ4n) is 1.74. The van der Waals surface area contributed by atoms with Gasteiger partial charge < -0.3 is 14.9 Å². The van der Waals surface area contributed by atoms with E-state index in [0.29, 0.717) is 13.0 Å². The summed E-state index contributed by atoms with van der Waals surface area (Å²) in [5.41, 5.74) is 0. The van der Waals surface area contributed by atoms with Gasteiger partial charge >= 0.3 is 0 Å². The maximum absolute atomic E-state index is 11.4. The monoisotopic (exact) mass is 200 g/mol. The van der Waals surface area contributed by atoms with Gasteiger partial charge in [0.2, 0.25) is 5.91 Å². The molecule has 0 saturated carbocycles. The molecule has 1 N–H and O–H groups in total. The van der Waals surface area contributed by atoms with Crippen LogP contribution in [0, 0.1) is 0 Å². The number of hydrogen-bond donors (Lipinski definition) is 1. The minimum Gasteiger partial charge on any atom is -0.391 e. The van der Waals surface area contributed by atoms with Gasteiger partial charge in [-0.15, -0.1) is 0 Å². The van der Waals surface area contributed by atoms with Crippen molar-refractivity contribution in [1.29, 1.82) is 0 Å². The Balaban J connectivity index is 2.37. The number of aliphatic hydroxyl groups excluding tert-OH is 1. The maximum Gasteiger partial charge on any atom is 0.225 e. The SMILES string of the molecule is CC(CCN(C)C)N1CC(O)CC1=O. The lowest BCUT2D eigenvalue weighted by atomic mass is 10.2. The van der Waals surface area contributed by atoms with Crippen molar-refractivity contribution >= 4 is 5.91 Å². The molecule has 2 atom stereocenters. The second-order valence-electron chi connectivity index (χ2n) is 4.35. The molecule has 1 aliphatic rings. The summed E-state index contributed by atoms with van der Waals surface area (Å²) in [5.74, 6) is 0.0868. The summed E-state index contributed by atoms with van der Waals surface area (Å²) < 4.78 is 0. The third-order valence-corrected chi connectivity index (χ3v) is 2.66. The molecule has 4 nitrogen and oxygen atoms in total. The molecule has 82 valence electrons. The van der Waals surface area contributed by atoms with Crippen LogP contribution in [-0.4, -0.2) is 60.1 Å². The van der Waals surface area contributed by atoms with Crippen LogP contribution in [0.1, 0.15) is 19.8 Å². The Morgan fingerprint density at radius 2 is 2.29 bits per heavy atom. The molecule has 4 heteroatoms. The molecule has 0 spiro atoms. The van der Waals surface area contributed by atoms with Crippen LogP contribution in [-0.2, 0) is 4.79 Å². The predicted octanol–water partition coefficient (Wildman–Crippen LogP) is -0.0802. The molecule has 1 saturated heterocycles. The normalized spacial score (nSPS) is 24.8. The zero-order chi connectivity index (χ0) is 10.7. The van der Waals surface area contributed by atoms with Crippen LogP contribution in [0.25, 0.3) is 0 Å². The summed E-state index contributed by atoms with van der Waals surface area (Å²) in [5, 5.41) is 9.32. The van der Waals surface area contributed by atoms with Crippen molar-refractivity contribution in [1.82, 2.24) is 9.80 Å². The molecular formula is C10H20N2O2. The van der Waals surface area contributed by atoms with Crippen molar-refractivity contribution in [2.24, 2.45) is 0 Å². The molecule has 1 amide bonds. The van der Waals surface area contributed by atoms with E-state index in [1.54, 1.807) is 4.90 Å². The van der Waals surface area contributed by atoms with Crippen LogP contribution >= 0.6 is 0 Å². The third kappa shape index (κ3) is 2.96. The van der Waals surface area contributed by atoms with Crippen LogP contribution in [0.2, 0.25) is 0 Å². The standard InChI is InChI=1S/C10H20N2O2/c1-8(4-5-11(2)3)12-7-9(13)6-10(12)14/h8-9,13H,4-7H2,1-3H3. The first-order chi connectivity index (χ1) is 6.50.